The highest BCUT2D eigenvalue weighted by atomic mass is 32.1. The summed E-state index contributed by atoms with van der Waals surface area (Å²) in [7, 11) is 4.20. The summed E-state index contributed by atoms with van der Waals surface area (Å²) in [5.41, 5.74) is 3.20. The van der Waals surface area contributed by atoms with Crippen LogP contribution in [0.15, 0.2) is 0 Å². The Morgan fingerprint density at radius 2 is 2.16 bits per heavy atom. The van der Waals surface area contributed by atoms with Gasteiger partial charge in [0.1, 0.15) is 5.52 Å². The van der Waals surface area contributed by atoms with Crippen LogP contribution in [-0.2, 0) is 13.6 Å². The molecule has 0 aromatic carbocycles. The third-order valence-corrected chi connectivity index (χ3v) is 4.56. The van der Waals surface area contributed by atoms with Crippen molar-refractivity contribution in [1.29, 1.82) is 0 Å². The van der Waals surface area contributed by atoms with E-state index in [0.717, 1.165) is 28.2 Å². The molecule has 1 atom stereocenters. The van der Waals surface area contributed by atoms with E-state index in [1.54, 1.807) is 0 Å². The average molecular weight is 279 g/mol. The second-order valence-electron chi connectivity index (χ2n) is 5.58. The lowest BCUT2D eigenvalue weighted by Gasteiger charge is -2.32. The van der Waals surface area contributed by atoms with E-state index >= 15 is 0 Å². The van der Waals surface area contributed by atoms with Gasteiger partial charge < -0.3 is 14.5 Å². The van der Waals surface area contributed by atoms with Crippen molar-refractivity contribution in [3.05, 3.63) is 10.5 Å². The fourth-order valence-electron chi connectivity index (χ4n) is 3.13. The smallest absolute Gasteiger partial charge is 0.179 e. The van der Waals surface area contributed by atoms with Crippen molar-refractivity contribution in [3.8, 4) is 0 Å². The number of aryl methyl sites for hydroxylation is 2. The average Bonchev–Trinajstić information content (AvgIpc) is 2.82. The van der Waals surface area contributed by atoms with Crippen LogP contribution in [0, 0.1) is 11.7 Å². The molecular formula is C13H21N5S. The number of likely N-dealkylation sites (tertiary alicyclic amines) is 1. The summed E-state index contributed by atoms with van der Waals surface area (Å²) >= 11 is 5.48. The number of nitrogens with one attached hydrogen (secondary N) is 1. The van der Waals surface area contributed by atoms with Gasteiger partial charge in [0.2, 0.25) is 0 Å². The van der Waals surface area contributed by atoms with Crippen molar-refractivity contribution in [1.82, 2.24) is 24.2 Å². The van der Waals surface area contributed by atoms with Gasteiger partial charge in [-0.3, -0.25) is 4.68 Å². The summed E-state index contributed by atoms with van der Waals surface area (Å²) in [5.74, 6) is 0. The molecule has 19 heavy (non-hydrogen) atoms. The van der Waals surface area contributed by atoms with Crippen LogP contribution < -0.4 is 0 Å². The van der Waals surface area contributed by atoms with Crippen LogP contribution in [-0.4, -0.2) is 43.9 Å². The molecule has 5 nitrogen and oxygen atoms in total. The number of piperidine rings is 1. The third kappa shape index (κ3) is 2.12. The maximum absolute atomic E-state index is 5.48. The van der Waals surface area contributed by atoms with E-state index < -0.39 is 0 Å². The van der Waals surface area contributed by atoms with Crippen LogP contribution in [0.4, 0.5) is 0 Å². The summed E-state index contributed by atoms with van der Waals surface area (Å²) in [6, 6.07) is 0.578. The molecule has 1 saturated heterocycles. The van der Waals surface area contributed by atoms with Crippen LogP contribution in [0.5, 0.6) is 0 Å². The number of nitrogens with zero attached hydrogens (tertiary/aromatic N) is 4. The maximum Gasteiger partial charge on any atom is 0.179 e. The van der Waals surface area contributed by atoms with E-state index in [1.165, 1.54) is 25.8 Å². The zero-order chi connectivity index (χ0) is 13.6. The third-order valence-electron chi connectivity index (χ3n) is 4.24. The van der Waals surface area contributed by atoms with E-state index in [1.807, 2.05) is 18.7 Å². The first-order chi connectivity index (χ1) is 9.08. The minimum absolute atomic E-state index is 0.578. The van der Waals surface area contributed by atoms with Gasteiger partial charge in [-0.1, -0.05) is 6.42 Å². The normalized spacial score (nSPS) is 21.3. The summed E-state index contributed by atoms with van der Waals surface area (Å²) in [6.45, 7) is 4.16. The van der Waals surface area contributed by atoms with Gasteiger partial charge in [0.25, 0.3) is 0 Å². The molecule has 2 aromatic heterocycles. The Hall–Kier alpha value is -1.14. The molecule has 0 amide bonds. The second-order valence-corrected chi connectivity index (χ2v) is 5.97. The van der Waals surface area contributed by atoms with Gasteiger partial charge in [0.15, 0.2) is 10.4 Å². The molecule has 1 aliphatic heterocycles. The second kappa shape index (κ2) is 4.76. The first-order valence-corrected chi connectivity index (χ1v) is 7.31. The number of imidazole rings is 1. The van der Waals surface area contributed by atoms with Gasteiger partial charge in [-0.2, -0.15) is 5.10 Å². The Balaban J connectivity index is 2.00. The van der Waals surface area contributed by atoms with Crippen molar-refractivity contribution >= 4 is 23.4 Å². The summed E-state index contributed by atoms with van der Waals surface area (Å²) in [5, 5.41) is 4.47. The number of hydrogen-bond donors (Lipinski definition) is 1. The monoisotopic (exact) mass is 279 g/mol. The summed E-state index contributed by atoms with van der Waals surface area (Å²) < 4.78 is 4.95. The van der Waals surface area contributed by atoms with Crippen molar-refractivity contribution in [2.75, 3.05) is 13.6 Å². The Bertz CT molecular complexity index is 650. The Morgan fingerprint density at radius 1 is 1.37 bits per heavy atom. The van der Waals surface area contributed by atoms with E-state index in [4.69, 9.17) is 12.2 Å². The first-order valence-electron chi connectivity index (χ1n) is 6.90. The maximum atomic E-state index is 5.48. The number of rotatable bonds is 2. The lowest BCUT2D eigenvalue weighted by Crippen LogP contribution is -2.39. The molecule has 0 aliphatic carbocycles. The first kappa shape index (κ1) is 12.9. The molecule has 0 saturated carbocycles. The fraction of sp³-hybridized carbons (Fsp3) is 0.692. The molecule has 0 spiro atoms. The predicted molar refractivity (Wildman–Crippen MR) is 78.9 cm³/mol. The van der Waals surface area contributed by atoms with Crippen molar-refractivity contribution in [3.63, 3.8) is 0 Å². The predicted octanol–water partition coefficient (Wildman–Crippen LogP) is 2.23. The highest BCUT2D eigenvalue weighted by Crippen LogP contribution is 2.21. The van der Waals surface area contributed by atoms with E-state index in [2.05, 4.69) is 26.6 Å². The standard InChI is InChI=1S/C13H21N5S/c1-9-11-12(17(3)15-9)18(13(19)14-11)8-10-6-4-5-7-16(10)2/h10H,4-8H2,1-3H3,(H,14,19). The van der Waals surface area contributed by atoms with Crippen LogP contribution >= 0.6 is 12.2 Å². The molecule has 1 unspecified atom stereocenters. The van der Waals surface area contributed by atoms with Crippen molar-refractivity contribution < 1.29 is 0 Å². The SMILES string of the molecule is Cc1nn(C)c2c1[nH]c(=S)n2CC1CCCCN1C. The quantitative estimate of drug-likeness (QED) is 0.857. The zero-order valence-corrected chi connectivity index (χ0v) is 12.6. The van der Waals surface area contributed by atoms with Crippen LogP contribution in [0.3, 0.4) is 0 Å². The minimum atomic E-state index is 0.578. The van der Waals surface area contributed by atoms with Gasteiger partial charge in [-0.15, -0.1) is 0 Å². The number of H-pyrrole nitrogens is 1. The molecule has 3 rings (SSSR count). The Morgan fingerprint density at radius 3 is 2.89 bits per heavy atom. The van der Waals surface area contributed by atoms with E-state index in [9.17, 15) is 0 Å². The van der Waals surface area contributed by atoms with Gasteiger partial charge in [-0.05, 0) is 45.6 Å². The Labute approximate surface area is 118 Å². The van der Waals surface area contributed by atoms with Crippen LogP contribution in [0.25, 0.3) is 11.2 Å². The Kier molecular flexibility index (Phi) is 3.22. The molecule has 3 heterocycles. The van der Waals surface area contributed by atoms with Gasteiger partial charge in [0.05, 0.1) is 5.69 Å². The molecule has 0 bridgehead atoms. The van der Waals surface area contributed by atoms with Crippen molar-refractivity contribution in [2.45, 2.75) is 38.8 Å². The highest BCUT2D eigenvalue weighted by Gasteiger charge is 2.22. The molecule has 2 aromatic rings. The molecule has 1 aliphatic rings. The molecule has 0 radical (unpaired) electrons. The summed E-state index contributed by atoms with van der Waals surface area (Å²) in [4.78, 5) is 5.75. The zero-order valence-electron chi connectivity index (χ0n) is 11.8. The number of fused-ring (bicyclic) bond motifs is 1. The fourth-order valence-corrected chi connectivity index (χ4v) is 3.39. The molecule has 1 fully saturated rings. The molecule has 1 N–H and O–H groups in total. The number of aromatic amines is 1. The van der Waals surface area contributed by atoms with Crippen LogP contribution in [0.1, 0.15) is 25.0 Å². The minimum Gasteiger partial charge on any atom is -0.328 e. The van der Waals surface area contributed by atoms with E-state index in [-0.39, 0.29) is 0 Å². The molecule has 104 valence electrons. The largest absolute Gasteiger partial charge is 0.328 e. The van der Waals surface area contributed by atoms with Crippen molar-refractivity contribution in [2.24, 2.45) is 7.05 Å². The topological polar surface area (TPSA) is 41.8 Å². The number of likely N-dealkylation sites (N-methyl/N-ethyl adjacent to an activating group) is 1. The highest BCUT2D eigenvalue weighted by molar-refractivity contribution is 7.71. The van der Waals surface area contributed by atoms with Gasteiger partial charge in [0, 0.05) is 19.6 Å². The summed E-state index contributed by atoms with van der Waals surface area (Å²) in [6.07, 6.45) is 3.88. The molecule has 6 heteroatoms. The lowest BCUT2D eigenvalue weighted by atomic mass is 10.0. The molecular weight excluding hydrogens is 258 g/mol. The van der Waals surface area contributed by atoms with Crippen LogP contribution in [0.2, 0.25) is 0 Å². The van der Waals surface area contributed by atoms with E-state index in [0.29, 0.717) is 6.04 Å². The lowest BCUT2D eigenvalue weighted by molar-refractivity contribution is 0.168. The number of aromatic nitrogens is 4. The van der Waals surface area contributed by atoms with Gasteiger partial charge in [-0.25, -0.2) is 0 Å². The van der Waals surface area contributed by atoms with Gasteiger partial charge >= 0.3 is 0 Å². The number of hydrogen-bond acceptors (Lipinski definition) is 3.